The molecule has 1 fully saturated rings. The number of alkyl halides is 1. The van der Waals surface area contributed by atoms with Gasteiger partial charge in [-0.05, 0) is 6.07 Å². The van der Waals surface area contributed by atoms with Crippen LogP contribution in [0.25, 0.3) is 0 Å². The second kappa shape index (κ2) is 2.93. The Morgan fingerprint density at radius 2 is 2.15 bits per heavy atom. The highest BCUT2D eigenvalue weighted by atomic mass is 35.5. The number of ether oxygens (including phenoxy) is 1. The van der Waals surface area contributed by atoms with Crippen LogP contribution in [-0.2, 0) is 10.3 Å². The number of benzene rings is 1. The monoisotopic (exact) mass is 204 g/mol. The van der Waals surface area contributed by atoms with Crippen molar-refractivity contribution in [3.8, 4) is 0 Å². The van der Waals surface area contributed by atoms with E-state index in [-0.39, 0.29) is 5.88 Å². The van der Waals surface area contributed by atoms with Gasteiger partial charge in [0.1, 0.15) is 17.2 Å². The van der Waals surface area contributed by atoms with Crippen LogP contribution in [0.2, 0.25) is 0 Å². The minimum Gasteiger partial charge on any atom is -0.363 e. The molecule has 1 aliphatic rings. The summed E-state index contributed by atoms with van der Waals surface area (Å²) in [5.74, 6) is -1.000. The Morgan fingerprint density at radius 1 is 1.46 bits per heavy atom. The van der Waals surface area contributed by atoms with E-state index in [0.29, 0.717) is 12.2 Å². The lowest BCUT2D eigenvalue weighted by molar-refractivity contribution is 0.324. The molecule has 70 valence electrons. The second-order valence-electron chi connectivity index (χ2n) is 3.04. The predicted octanol–water partition coefficient (Wildman–Crippen LogP) is 2.43. The van der Waals surface area contributed by atoms with Gasteiger partial charge in [-0.2, -0.15) is 0 Å². The molecule has 0 radical (unpaired) electrons. The first-order valence-electron chi connectivity index (χ1n) is 3.83. The largest absolute Gasteiger partial charge is 0.363 e. The third-order valence-electron chi connectivity index (χ3n) is 2.13. The number of hydrogen-bond donors (Lipinski definition) is 0. The summed E-state index contributed by atoms with van der Waals surface area (Å²) >= 11 is 5.62. The molecule has 1 aliphatic heterocycles. The standard InChI is InChI=1S/C9H7ClF2O/c10-4-9(5-13-9)7-2-1-6(11)3-8(7)12/h1-3H,4-5H2/t9-/m1/s1. The van der Waals surface area contributed by atoms with Gasteiger partial charge in [-0.25, -0.2) is 8.78 Å². The Bertz CT molecular complexity index is 336. The van der Waals surface area contributed by atoms with Crippen LogP contribution in [-0.4, -0.2) is 12.5 Å². The van der Waals surface area contributed by atoms with E-state index in [1.54, 1.807) is 0 Å². The molecular formula is C9H7ClF2O. The second-order valence-corrected chi connectivity index (χ2v) is 3.31. The van der Waals surface area contributed by atoms with Crippen molar-refractivity contribution in [3.05, 3.63) is 35.4 Å². The van der Waals surface area contributed by atoms with Crippen molar-refractivity contribution < 1.29 is 13.5 Å². The molecule has 2 rings (SSSR count). The molecule has 0 bridgehead atoms. The summed E-state index contributed by atoms with van der Waals surface area (Å²) in [5, 5.41) is 0. The van der Waals surface area contributed by atoms with Crippen molar-refractivity contribution in [2.24, 2.45) is 0 Å². The van der Waals surface area contributed by atoms with Crippen LogP contribution in [0.1, 0.15) is 5.56 Å². The van der Waals surface area contributed by atoms with Crippen molar-refractivity contribution in [3.63, 3.8) is 0 Å². The average molecular weight is 205 g/mol. The van der Waals surface area contributed by atoms with Crippen LogP contribution in [0.4, 0.5) is 8.78 Å². The van der Waals surface area contributed by atoms with Gasteiger partial charge >= 0.3 is 0 Å². The first kappa shape index (κ1) is 8.91. The van der Waals surface area contributed by atoms with Gasteiger partial charge in [-0.3, -0.25) is 0 Å². The van der Waals surface area contributed by atoms with Crippen molar-refractivity contribution in [2.75, 3.05) is 12.5 Å². The molecular weight excluding hydrogens is 198 g/mol. The molecule has 1 aromatic carbocycles. The van der Waals surface area contributed by atoms with Crippen LogP contribution >= 0.6 is 11.6 Å². The summed E-state index contributed by atoms with van der Waals surface area (Å²) in [5.41, 5.74) is -0.372. The van der Waals surface area contributed by atoms with E-state index in [1.807, 2.05) is 0 Å². The molecule has 1 saturated heterocycles. The fourth-order valence-corrected chi connectivity index (χ4v) is 1.55. The van der Waals surface area contributed by atoms with Crippen LogP contribution in [0, 0.1) is 11.6 Å². The van der Waals surface area contributed by atoms with Gasteiger partial charge in [0.2, 0.25) is 0 Å². The molecule has 13 heavy (non-hydrogen) atoms. The smallest absolute Gasteiger partial charge is 0.133 e. The maximum atomic E-state index is 13.2. The van der Waals surface area contributed by atoms with Gasteiger partial charge in [-0.1, -0.05) is 6.07 Å². The van der Waals surface area contributed by atoms with Gasteiger partial charge in [0, 0.05) is 11.6 Å². The van der Waals surface area contributed by atoms with Crippen molar-refractivity contribution in [1.82, 2.24) is 0 Å². The summed E-state index contributed by atoms with van der Waals surface area (Å²) in [7, 11) is 0. The van der Waals surface area contributed by atoms with E-state index >= 15 is 0 Å². The molecule has 1 aromatic rings. The molecule has 0 spiro atoms. The molecule has 0 unspecified atom stereocenters. The van der Waals surface area contributed by atoms with Gasteiger partial charge in [0.05, 0.1) is 12.5 Å². The van der Waals surface area contributed by atoms with E-state index in [9.17, 15) is 8.78 Å². The molecule has 0 aromatic heterocycles. The zero-order valence-electron chi connectivity index (χ0n) is 6.69. The summed E-state index contributed by atoms with van der Waals surface area (Å²) in [6.07, 6.45) is 0. The first-order chi connectivity index (χ1) is 6.18. The van der Waals surface area contributed by atoms with Crippen LogP contribution in [0.5, 0.6) is 0 Å². The maximum Gasteiger partial charge on any atom is 0.133 e. The summed E-state index contributed by atoms with van der Waals surface area (Å²) < 4.78 is 30.8. The summed E-state index contributed by atoms with van der Waals surface area (Å²) in [6.45, 7) is 0.402. The Morgan fingerprint density at radius 3 is 2.62 bits per heavy atom. The van der Waals surface area contributed by atoms with E-state index in [1.165, 1.54) is 12.1 Å². The van der Waals surface area contributed by atoms with E-state index in [4.69, 9.17) is 16.3 Å². The SMILES string of the molecule is Fc1ccc([C@@]2(CCl)CO2)c(F)c1. The molecule has 0 N–H and O–H groups in total. The normalized spacial score (nSPS) is 26.1. The number of rotatable bonds is 2. The van der Waals surface area contributed by atoms with Gasteiger partial charge in [0.25, 0.3) is 0 Å². The predicted molar refractivity (Wildman–Crippen MR) is 44.7 cm³/mol. The van der Waals surface area contributed by atoms with Gasteiger partial charge in [0.15, 0.2) is 0 Å². The fourth-order valence-electron chi connectivity index (χ4n) is 1.25. The molecule has 4 heteroatoms. The highest BCUT2D eigenvalue weighted by molar-refractivity contribution is 6.18. The average Bonchev–Trinajstić information content (AvgIpc) is 2.85. The van der Waals surface area contributed by atoms with Crippen LogP contribution < -0.4 is 0 Å². The molecule has 0 aliphatic carbocycles. The minimum absolute atomic E-state index is 0.190. The third-order valence-corrected chi connectivity index (χ3v) is 2.56. The van der Waals surface area contributed by atoms with Crippen molar-refractivity contribution in [2.45, 2.75) is 5.60 Å². The van der Waals surface area contributed by atoms with E-state index in [0.717, 1.165) is 6.07 Å². The summed E-state index contributed by atoms with van der Waals surface area (Å²) in [6, 6.07) is 3.42. The summed E-state index contributed by atoms with van der Waals surface area (Å²) in [4.78, 5) is 0. The van der Waals surface area contributed by atoms with Gasteiger partial charge in [-0.15, -0.1) is 11.6 Å². The zero-order chi connectivity index (χ0) is 9.47. The third kappa shape index (κ3) is 1.42. The Hall–Kier alpha value is -0.670. The first-order valence-corrected chi connectivity index (χ1v) is 4.37. The number of halogens is 3. The lowest BCUT2D eigenvalue weighted by atomic mass is 10.0. The Balaban J connectivity index is 2.41. The van der Waals surface area contributed by atoms with Crippen LogP contribution in [0.15, 0.2) is 18.2 Å². The zero-order valence-corrected chi connectivity index (χ0v) is 7.44. The lowest BCUT2D eigenvalue weighted by Crippen LogP contribution is -2.12. The molecule has 1 atom stereocenters. The lowest BCUT2D eigenvalue weighted by Gasteiger charge is -2.08. The molecule has 1 nitrogen and oxygen atoms in total. The van der Waals surface area contributed by atoms with Crippen molar-refractivity contribution >= 4 is 11.6 Å². The van der Waals surface area contributed by atoms with Crippen LogP contribution in [0.3, 0.4) is 0 Å². The number of epoxide rings is 1. The Kier molecular flexibility index (Phi) is 2.00. The van der Waals surface area contributed by atoms with E-state index < -0.39 is 17.2 Å². The quantitative estimate of drug-likeness (QED) is 0.533. The highest BCUT2D eigenvalue weighted by Gasteiger charge is 2.47. The highest BCUT2D eigenvalue weighted by Crippen LogP contribution is 2.40. The number of hydrogen-bond acceptors (Lipinski definition) is 1. The Labute approximate surface area is 79.3 Å². The van der Waals surface area contributed by atoms with Crippen molar-refractivity contribution in [1.29, 1.82) is 0 Å². The van der Waals surface area contributed by atoms with Gasteiger partial charge < -0.3 is 4.74 Å². The van der Waals surface area contributed by atoms with E-state index in [2.05, 4.69) is 0 Å². The minimum atomic E-state index is -0.709. The molecule has 0 amide bonds. The topological polar surface area (TPSA) is 12.5 Å². The fraction of sp³-hybridized carbons (Fsp3) is 0.333. The molecule has 1 heterocycles. The maximum absolute atomic E-state index is 13.2. The molecule has 0 saturated carbocycles.